The number of rotatable bonds is 4. The van der Waals surface area contributed by atoms with Crippen molar-refractivity contribution in [1.29, 1.82) is 0 Å². The number of benzene rings is 1. The SMILES string of the molecule is CC(=O)N1C[C@H](c2nc(Nc3ccc4[nH]c(=O)oc4c3)cc(-c3cccnc3)n2)CC[C@@H]1C. The van der Waals surface area contributed by atoms with Gasteiger partial charge in [0, 0.05) is 61.2 Å². The summed E-state index contributed by atoms with van der Waals surface area (Å²) in [7, 11) is 0. The normalized spacial score (nSPS) is 18.4. The van der Waals surface area contributed by atoms with Crippen LogP contribution in [0.4, 0.5) is 11.5 Å². The molecular weight excluding hydrogens is 420 g/mol. The van der Waals surface area contributed by atoms with Crippen LogP contribution in [0.5, 0.6) is 0 Å². The smallest absolute Gasteiger partial charge is 0.408 e. The van der Waals surface area contributed by atoms with E-state index in [-0.39, 0.29) is 17.9 Å². The predicted octanol–water partition coefficient (Wildman–Crippen LogP) is 3.83. The standard InChI is InChI=1S/C24H24N6O3/c1-14-5-6-17(13-30(14)15(2)31)23-27-20(16-4-3-9-25-12-16)11-22(29-23)26-18-7-8-19-21(10-18)33-24(32)28-19/h3-4,7-12,14,17H,5-6,13H2,1-2H3,(H,28,32)(H,26,27,29)/t14-,17+/m0/s1. The number of pyridine rings is 1. The van der Waals surface area contributed by atoms with Crippen molar-refractivity contribution in [1.82, 2.24) is 24.8 Å². The van der Waals surface area contributed by atoms with Gasteiger partial charge in [-0.15, -0.1) is 0 Å². The highest BCUT2D eigenvalue weighted by Crippen LogP contribution is 2.31. The number of hydrogen-bond acceptors (Lipinski definition) is 7. The fraction of sp³-hybridized carbons (Fsp3) is 0.292. The lowest BCUT2D eigenvalue weighted by molar-refractivity contribution is -0.132. The molecule has 0 aliphatic carbocycles. The molecule has 1 amide bonds. The monoisotopic (exact) mass is 444 g/mol. The quantitative estimate of drug-likeness (QED) is 0.491. The lowest BCUT2D eigenvalue weighted by Gasteiger charge is -2.37. The maximum Gasteiger partial charge on any atom is 0.417 e. The molecule has 1 aliphatic heterocycles. The topological polar surface area (TPSA) is 117 Å². The molecule has 4 heterocycles. The average molecular weight is 444 g/mol. The number of piperidine rings is 1. The third-order valence-electron chi connectivity index (χ3n) is 6.05. The number of nitrogens with one attached hydrogen (secondary N) is 2. The summed E-state index contributed by atoms with van der Waals surface area (Å²) in [5.74, 6) is 0.907. The van der Waals surface area contributed by atoms with Crippen LogP contribution < -0.4 is 11.1 Å². The third-order valence-corrected chi connectivity index (χ3v) is 6.05. The molecule has 3 aromatic heterocycles. The summed E-state index contributed by atoms with van der Waals surface area (Å²) in [6.07, 6.45) is 5.29. The number of nitrogens with zero attached hydrogens (tertiary/aromatic N) is 4. The van der Waals surface area contributed by atoms with E-state index < -0.39 is 5.76 Å². The minimum absolute atomic E-state index is 0.0347. The minimum atomic E-state index is -0.494. The van der Waals surface area contributed by atoms with Gasteiger partial charge in [0.15, 0.2) is 5.58 Å². The van der Waals surface area contributed by atoms with Crippen LogP contribution in [0.3, 0.4) is 0 Å². The summed E-state index contributed by atoms with van der Waals surface area (Å²) in [6, 6.07) is 11.3. The maximum atomic E-state index is 12.1. The van der Waals surface area contributed by atoms with Crippen LogP contribution in [0.1, 0.15) is 38.4 Å². The number of anilines is 2. The molecule has 5 rings (SSSR count). The zero-order valence-corrected chi connectivity index (χ0v) is 18.4. The summed E-state index contributed by atoms with van der Waals surface area (Å²) >= 11 is 0. The van der Waals surface area contributed by atoms with Gasteiger partial charge in [0.1, 0.15) is 11.6 Å². The summed E-state index contributed by atoms with van der Waals surface area (Å²) in [4.78, 5) is 42.0. The van der Waals surface area contributed by atoms with Crippen molar-refractivity contribution in [3.8, 4) is 11.3 Å². The van der Waals surface area contributed by atoms with Gasteiger partial charge in [0.25, 0.3) is 0 Å². The van der Waals surface area contributed by atoms with E-state index in [0.29, 0.717) is 29.3 Å². The van der Waals surface area contributed by atoms with Crippen LogP contribution in [0, 0.1) is 0 Å². The molecule has 0 spiro atoms. The molecule has 9 nitrogen and oxygen atoms in total. The van der Waals surface area contributed by atoms with Crippen molar-refractivity contribution in [2.45, 2.75) is 38.6 Å². The molecule has 1 saturated heterocycles. The molecule has 33 heavy (non-hydrogen) atoms. The van der Waals surface area contributed by atoms with E-state index in [9.17, 15) is 9.59 Å². The van der Waals surface area contributed by atoms with Gasteiger partial charge in [-0.3, -0.25) is 14.8 Å². The highest BCUT2D eigenvalue weighted by molar-refractivity contribution is 5.78. The van der Waals surface area contributed by atoms with Gasteiger partial charge in [0.2, 0.25) is 5.91 Å². The number of hydrogen-bond donors (Lipinski definition) is 2. The molecule has 1 fully saturated rings. The number of carbonyl (C=O) groups excluding carboxylic acids is 1. The zero-order chi connectivity index (χ0) is 22.9. The molecule has 0 saturated carbocycles. The Bertz CT molecular complexity index is 1360. The average Bonchev–Trinajstić information content (AvgIpc) is 3.19. The van der Waals surface area contributed by atoms with E-state index in [1.54, 1.807) is 31.5 Å². The highest BCUT2D eigenvalue weighted by atomic mass is 16.4. The molecule has 2 atom stereocenters. The lowest BCUT2D eigenvalue weighted by atomic mass is 9.92. The van der Waals surface area contributed by atoms with E-state index >= 15 is 0 Å². The first-order chi connectivity index (χ1) is 16.0. The van der Waals surface area contributed by atoms with E-state index in [4.69, 9.17) is 14.4 Å². The number of fused-ring (bicyclic) bond motifs is 1. The van der Waals surface area contributed by atoms with E-state index in [1.807, 2.05) is 29.2 Å². The van der Waals surface area contributed by atoms with Crippen LogP contribution in [-0.4, -0.2) is 43.3 Å². The van der Waals surface area contributed by atoms with Crippen molar-refractivity contribution in [3.63, 3.8) is 0 Å². The van der Waals surface area contributed by atoms with Gasteiger partial charge in [-0.1, -0.05) is 0 Å². The van der Waals surface area contributed by atoms with Crippen molar-refractivity contribution < 1.29 is 9.21 Å². The number of aromatic amines is 1. The Kier molecular flexibility index (Phi) is 5.37. The van der Waals surface area contributed by atoms with Crippen molar-refractivity contribution in [3.05, 3.63) is 65.2 Å². The molecule has 9 heteroatoms. The highest BCUT2D eigenvalue weighted by Gasteiger charge is 2.30. The van der Waals surface area contributed by atoms with Crippen LogP contribution >= 0.6 is 0 Å². The molecule has 0 bridgehead atoms. The van der Waals surface area contributed by atoms with Crippen LogP contribution in [-0.2, 0) is 4.79 Å². The number of likely N-dealkylation sites (tertiary alicyclic amines) is 1. The van der Waals surface area contributed by atoms with Crippen molar-refractivity contribution in [2.75, 3.05) is 11.9 Å². The molecular formula is C24H24N6O3. The minimum Gasteiger partial charge on any atom is -0.408 e. The first-order valence-electron chi connectivity index (χ1n) is 10.9. The fourth-order valence-corrected chi connectivity index (χ4v) is 4.30. The molecule has 168 valence electrons. The second kappa shape index (κ2) is 8.50. The van der Waals surface area contributed by atoms with E-state index in [1.165, 1.54) is 0 Å². The number of amides is 1. The third kappa shape index (κ3) is 4.34. The molecule has 4 aromatic rings. The summed E-state index contributed by atoms with van der Waals surface area (Å²) < 4.78 is 5.17. The first-order valence-corrected chi connectivity index (χ1v) is 10.9. The maximum absolute atomic E-state index is 12.1. The van der Waals surface area contributed by atoms with Gasteiger partial charge in [-0.05, 0) is 44.0 Å². The number of oxazole rings is 1. The Morgan fingerprint density at radius 1 is 1.21 bits per heavy atom. The van der Waals surface area contributed by atoms with E-state index in [2.05, 4.69) is 22.2 Å². The Morgan fingerprint density at radius 3 is 2.88 bits per heavy atom. The zero-order valence-electron chi connectivity index (χ0n) is 18.4. The van der Waals surface area contributed by atoms with E-state index in [0.717, 1.165) is 29.8 Å². The number of aromatic nitrogens is 4. The number of carbonyl (C=O) groups is 1. The van der Waals surface area contributed by atoms with Crippen LogP contribution in [0.15, 0.2) is 58.0 Å². The van der Waals surface area contributed by atoms with Gasteiger partial charge >= 0.3 is 5.76 Å². The van der Waals surface area contributed by atoms with Gasteiger partial charge in [0.05, 0.1) is 11.2 Å². The molecule has 0 radical (unpaired) electrons. The van der Waals surface area contributed by atoms with Gasteiger partial charge in [-0.25, -0.2) is 14.8 Å². The van der Waals surface area contributed by atoms with Crippen LogP contribution in [0.2, 0.25) is 0 Å². The van der Waals surface area contributed by atoms with Gasteiger partial charge < -0.3 is 14.6 Å². The molecule has 1 aliphatic rings. The summed E-state index contributed by atoms with van der Waals surface area (Å²) in [5, 5.41) is 3.31. The number of H-pyrrole nitrogens is 1. The predicted molar refractivity (Wildman–Crippen MR) is 124 cm³/mol. The largest absolute Gasteiger partial charge is 0.417 e. The Balaban J connectivity index is 1.52. The second-order valence-corrected chi connectivity index (χ2v) is 8.38. The fourth-order valence-electron chi connectivity index (χ4n) is 4.30. The summed E-state index contributed by atoms with van der Waals surface area (Å²) in [5.41, 5.74) is 3.45. The molecule has 0 unspecified atom stereocenters. The van der Waals surface area contributed by atoms with Crippen molar-refractivity contribution >= 4 is 28.5 Å². The first kappa shape index (κ1) is 20.9. The summed E-state index contributed by atoms with van der Waals surface area (Å²) in [6.45, 7) is 4.27. The van der Waals surface area contributed by atoms with Crippen molar-refractivity contribution in [2.24, 2.45) is 0 Å². The van der Waals surface area contributed by atoms with Crippen LogP contribution in [0.25, 0.3) is 22.4 Å². The Hall–Kier alpha value is -4.01. The molecule has 1 aromatic carbocycles. The van der Waals surface area contributed by atoms with Gasteiger partial charge in [-0.2, -0.15) is 0 Å². The Labute approximate surface area is 189 Å². The second-order valence-electron chi connectivity index (χ2n) is 8.38. The Morgan fingerprint density at radius 2 is 2.09 bits per heavy atom. The lowest BCUT2D eigenvalue weighted by Crippen LogP contribution is -2.44. The molecule has 2 N–H and O–H groups in total.